The number of hydrogen-bond acceptors (Lipinski definition) is 9. The van der Waals surface area contributed by atoms with Crippen LogP contribution in [-0.2, 0) is 0 Å². The van der Waals surface area contributed by atoms with Gasteiger partial charge in [0, 0.05) is 43.2 Å². The van der Waals surface area contributed by atoms with Gasteiger partial charge in [0.25, 0.3) is 5.91 Å². The van der Waals surface area contributed by atoms with Gasteiger partial charge in [0.2, 0.25) is 5.95 Å². The molecule has 4 rings (SSSR count). The first-order valence-electron chi connectivity index (χ1n) is 11.8. The van der Waals surface area contributed by atoms with Crippen molar-refractivity contribution in [1.82, 2.24) is 30.1 Å². The van der Waals surface area contributed by atoms with Crippen molar-refractivity contribution in [2.45, 2.75) is 50.5 Å². The number of hydrogen-bond donors (Lipinski definition) is 2. The lowest BCUT2D eigenvalue weighted by Crippen LogP contribution is -2.37. The number of nitriles is 1. The highest BCUT2D eigenvalue weighted by Gasteiger charge is 2.23. The van der Waals surface area contributed by atoms with Gasteiger partial charge in [-0.2, -0.15) is 5.26 Å². The number of likely N-dealkylation sites (tertiary alicyclic amines) is 1. The standard InChI is InChI=1S/C23H32N8OS/c1-30(18-6-2-3-7-18)14-11-25-21(32)20-16-33-23(28-20)29-22-26-10-8-19(27-22)17-5-4-12-31(15-17)13-9-24/h8,10,16-18H,2-7,11-15H2,1H3,(H,25,32)(H,26,27,28,29)/t17-/m0/s1. The van der Waals surface area contributed by atoms with Crippen LogP contribution >= 0.6 is 11.3 Å². The average molecular weight is 469 g/mol. The first-order chi connectivity index (χ1) is 16.1. The third-order valence-electron chi connectivity index (χ3n) is 6.55. The number of amides is 1. The minimum Gasteiger partial charge on any atom is -0.349 e. The van der Waals surface area contributed by atoms with Crippen LogP contribution in [0.2, 0.25) is 0 Å². The number of anilines is 2. The maximum atomic E-state index is 12.5. The highest BCUT2D eigenvalue weighted by molar-refractivity contribution is 7.14. The van der Waals surface area contributed by atoms with E-state index in [1.54, 1.807) is 11.6 Å². The van der Waals surface area contributed by atoms with E-state index in [0.29, 0.717) is 35.9 Å². The van der Waals surface area contributed by atoms with Crippen LogP contribution in [0.25, 0.3) is 0 Å². The van der Waals surface area contributed by atoms with E-state index in [2.05, 4.69) is 48.5 Å². The Morgan fingerprint density at radius 2 is 2.15 bits per heavy atom. The van der Waals surface area contributed by atoms with E-state index in [1.165, 1.54) is 37.0 Å². The number of piperidine rings is 1. The highest BCUT2D eigenvalue weighted by atomic mass is 32.1. The van der Waals surface area contributed by atoms with Gasteiger partial charge in [0.1, 0.15) is 5.69 Å². The molecule has 0 spiro atoms. The van der Waals surface area contributed by atoms with Crippen molar-refractivity contribution in [2.24, 2.45) is 0 Å². The summed E-state index contributed by atoms with van der Waals surface area (Å²) in [6.07, 6.45) is 8.99. The second-order valence-corrected chi connectivity index (χ2v) is 9.73. The topological polar surface area (TPSA) is 110 Å². The van der Waals surface area contributed by atoms with E-state index in [9.17, 15) is 4.79 Å². The second kappa shape index (κ2) is 11.5. The van der Waals surface area contributed by atoms with Gasteiger partial charge in [-0.3, -0.25) is 9.69 Å². The van der Waals surface area contributed by atoms with E-state index in [-0.39, 0.29) is 11.8 Å². The summed E-state index contributed by atoms with van der Waals surface area (Å²) in [6, 6.07) is 4.82. The Bertz CT molecular complexity index is 967. The van der Waals surface area contributed by atoms with Gasteiger partial charge in [0.05, 0.1) is 18.3 Å². The third kappa shape index (κ3) is 6.47. The SMILES string of the molecule is CN(CCNC(=O)c1csc(Nc2nccc([C@H]3CCCN(CC#N)C3)n2)n1)C1CCCC1. The molecule has 1 aliphatic heterocycles. The minimum atomic E-state index is -0.159. The Morgan fingerprint density at radius 1 is 1.30 bits per heavy atom. The lowest BCUT2D eigenvalue weighted by atomic mass is 9.94. The van der Waals surface area contributed by atoms with Gasteiger partial charge >= 0.3 is 0 Å². The second-order valence-electron chi connectivity index (χ2n) is 8.88. The molecule has 33 heavy (non-hydrogen) atoms. The van der Waals surface area contributed by atoms with Crippen LogP contribution in [0.4, 0.5) is 11.1 Å². The minimum absolute atomic E-state index is 0.159. The maximum absolute atomic E-state index is 12.5. The summed E-state index contributed by atoms with van der Waals surface area (Å²) in [7, 11) is 2.13. The summed E-state index contributed by atoms with van der Waals surface area (Å²) < 4.78 is 0. The van der Waals surface area contributed by atoms with Crippen molar-refractivity contribution in [2.75, 3.05) is 45.1 Å². The van der Waals surface area contributed by atoms with Crippen molar-refractivity contribution in [1.29, 1.82) is 5.26 Å². The number of nitrogens with one attached hydrogen (secondary N) is 2. The fourth-order valence-corrected chi connectivity index (χ4v) is 5.38. The molecule has 9 nitrogen and oxygen atoms in total. The number of rotatable bonds is 9. The molecule has 2 N–H and O–H groups in total. The molecule has 1 saturated carbocycles. The van der Waals surface area contributed by atoms with Gasteiger partial charge in [-0.25, -0.2) is 15.0 Å². The normalized spacial score (nSPS) is 19.5. The number of likely N-dealkylation sites (N-methyl/N-ethyl adjacent to an activating group) is 1. The molecule has 2 aliphatic rings. The van der Waals surface area contributed by atoms with E-state index < -0.39 is 0 Å². The fourth-order valence-electron chi connectivity index (χ4n) is 4.70. The molecular formula is C23H32N8OS. The zero-order valence-corrected chi connectivity index (χ0v) is 20.0. The Kier molecular flexibility index (Phi) is 8.20. The van der Waals surface area contributed by atoms with Gasteiger partial charge in [-0.15, -0.1) is 11.3 Å². The van der Waals surface area contributed by atoms with Crippen molar-refractivity contribution >= 4 is 28.3 Å². The van der Waals surface area contributed by atoms with Crippen molar-refractivity contribution in [3.63, 3.8) is 0 Å². The van der Waals surface area contributed by atoms with Crippen molar-refractivity contribution in [3.8, 4) is 6.07 Å². The van der Waals surface area contributed by atoms with E-state index in [0.717, 1.165) is 38.2 Å². The quantitative estimate of drug-likeness (QED) is 0.541. The van der Waals surface area contributed by atoms with Gasteiger partial charge < -0.3 is 15.5 Å². The molecule has 0 radical (unpaired) electrons. The van der Waals surface area contributed by atoms with Crippen LogP contribution in [-0.4, -0.2) is 76.5 Å². The summed E-state index contributed by atoms with van der Waals surface area (Å²) in [4.78, 5) is 30.4. The number of carbonyl (C=O) groups excluding carboxylic acids is 1. The van der Waals surface area contributed by atoms with Crippen LogP contribution in [0, 0.1) is 11.3 Å². The van der Waals surface area contributed by atoms with E-state index >= 15 is 0 Å². The largest absolute Gasteiger partial charge is 0.349 e. The Balaban J connectivity index is 1.29. The lowest BCUT2D eigenvalue weighted by Gasteiger charge is -2.30. The van der Waals surface area contributed by atoms with E-state index in [1.807, 2.05) is 6.07 Å². The molecule has 1 amide bonds. The zero-order valence-electron chi connectivity index (χ0n) is 19.2. The van der Waals surface area contributed by atoms with Crippen molar-refractivity contribution < 1.29 is 4.79 Å². The van der Waals surface area contributed by atoms with Crippen LogP contribution in [0.1, 0.15) is 60.6 Å². The predicted molar refractivity (Wildman–Crippen MR) is 129 cm³/mol. The summed E-state index contributed by atoms with van der Waals surface area (Å²) >= 11 is 1.36. The maximum Gasteiger partial charge on any atom is 0.270 e. The molecule has 0 bridgehead atoms. The van der Waals surface area contributed by atoms with Gasteiger partial charge in [0.15, 0.2) is 5.13 Å². The molecule has 3 heterocycles. The number of carbonyl (C=O) groups is 1. The Morgan fingerprint density at radius 3 is 2.97 bits per heavy atom. The first-order valence-corrected chi connectivity index (χ1v) is 12.6. The molecule has 176 valence electrons. The average Bonchev–Trinajstić information content (AvgIpc) is 3.52. The van der Waals surface area contributed by atoms with Crippen LogP contribution in [0.3, 0.4) is 0 Å². The molecule has 1 aliphatic carbocycles. The van der Waals surface area contributed by atoms with Crippen LogP contribution < -0.4 is 10.6 Å². The van der Waals surface area contributed by atoms with Crippen LogP contribution in [0.5, 0.6) is 0 Å². The molecule has 2 aromatic heterocycles. The predicted octanol–water partition coefficient (Wildman–Crippen LogP) is 2.98. The highest BCUT2D eigenvalue weighted by Crippen LogP contribution is 2.27. The summed E-state index contributed by atoms with van der Waals surface area (Å²) in [5.41, 5.74) is 1.37. The smallest absolute Gasteiger partial charge is 0.270 e. The number of nitrogens with zero attached hydrogens (tertiary/aromatic N) is 6. The zero-order chi connectivity index (χ0) is 23.0. The summed E-state index contributed by atoms with van der Waals surface area (Å²) in [5, 5.41) is 17.4. The molecular weight excluding hydrogens is 436 g/mol. The van der Waals surface area contributed by atoms with Gasteiger partial charge in [-0.05, 0) is 45.3 Å². The molecule has 0 unspecified atom stereocenters. The number of aromatic nitrogens is 3. The lowest BCUT2D eigenvalue weighted by molar-refractivity contribution is 0.0943. The Hall–Kier alpha value is -2.61. The summed E-state index contributed by atoms with van der Waals surface area (Å²) in [5.74, 6) is 0.605. The Labute approximate surface area is 199 Å². The fraction of sp³-hybridized carbons (Fsp3) is 0.609. The summed E-state index contributed by atoms with van der Waals surface area (Å²) in [6.45, 7) is 3.71. The molecule has 2 aromatic rings. The molecule has 1 saturated heterocycles. The third-order valence-corrected chi connectivity index (χ3v) is 7.31. The molecule has 0 aromatic carbocycles. The molecule has 10 heteroatoms. The molecule has 1 atom stereocenters. The van der Waals surface area contributed by atoms with Crippen LogP contribution in [0.15, 0.2) is 17.6 Å². The van der Waals surface area contributed by atoms with Crippen molar-refractivity contribution in [3.05, 3.63) is 29.0 Å². The van der Waals surface area contributed by atoms with E-state index in [4.69, 9.17) is 5.26 Å². The number of thiazole rings is 1. The monoisotopic (exact) mass is 468 g/mol. The molecule has 2 fully saturated rings. The first kappa shape index (κ1) is 23.5. The van der Waals surface area contributed by atoms with Gasteiger partial charge in [-0.1, -0.05) is 12.8 Å².